The maximum atomic E-state index is 12.4. The molecule has 4 heteroatoms. The molecule has 1 atom stereocenters. The molecular formula is C18H27NO3. The average Bonchev–Trinajstić information content (AvgIpc) is 2.53. The predicted molar refractivity (Wildman–Crippen MR) is 86.8 cm³/mol. The Bertz CT molecular complexity index is 497. The molecule has 122 valence electrons. The molecule has 0 saturated carbocycles. The maximum Gasteiger partial charge on any atom is 0.223 e. The zero-order chi connectivity index (χ0) is 16.0. The minimum Gasteiger partial charge on any atom is -0.493 e. The highest BCUT2D eigenvalue weighted by Crippen LogP contribution is 2.36. The van der Waals surface area contributed by atoms with Gasteiger partial charge in [0.2, 0.25) is 5.91 Å². The van der Waals surface area contributed by atoms with E-state index in [1.165, 1.54) is 0 Å². The number of nitrogens with one attached hydrogen (secondary N) is 1. The molecule has 1 heterocycles. The second-order valence-corrected chi connectivity index (χ2v) is 6.12. The van der Waals surface area contributed by atoms with Crippen molar-refractivity contribution in [2.75, 3.05) is 13.2 Å². The highest BCUT2D eigenvalue weighted by molar-refractivity contribution is 5.78. The molecule has 1 aliphatic heterocycles. The highest BCUT2D eigenvalue weighted by Gasteiger charge is 2.36. The molecule has 22 heavy (non-hydrogen) atoms. The third-order valence-corrected chi connectivity index (χ3v) is 4.36. The van der Waals surface area contributed by atoms with Crippen LogP contribution in [0.15, 0.2) is 24.3 Å². The molecule has 1 aliphatic rings. The Morgan fingerprint density at radius 3 is 2.68 bits per heavy atom. The van der Waals surface area contributed by atoms with Gasteiger partial charge in [-0.2, -0.15) is 0 Å². The summed E-state index contributed by atoms with van der Waals surface area (Å²) < 4.78 is 5.58. The molecule has 0 radical (unpaired) electrons. The van der Waals surface area contributed by atoms with Crippen LogP contribution in [-0.2, 0) is 10.4 Å². The summed E-state index contributed by atoms with van der Waals surface area (Å²) in [6.45, 7) is 4.91. The van der Waals surface area contributed by atoms with E-state index in [1.54, 1.807) is 0 Å². The summed E-state index contributed by atoms with van der Waals surface area (Å²) in [5.74, 6) is 0.818. The summed E-state index contributed by atoms with van der Waals surface area (Å²) >= 11 is 0. The van der Waals surface area contributed by atoms with Gasteiger partial charge in [-0.25, -0.2) is 0 Å². The third-order valence-electron chi connectivity index (χ3n) is 4.36. The van der Waals surface area contributed by atoms with Crippen molar-refractivity contribution in [3.05, 3.63) is 29.8 Å². The predicted octanol–water partition coefficient (Wildman–Crippen LogP) is 2.99. The van der Waals surface area contributed by atoms with Gasteiger partial charge in [-0.3, -0.25) is 4.79 Å². The van der Waals surface area contributed by atoms with Crippen LogP contribution in [-0.4, -0.2) is 24.2 Å². The monoisotopic (exact) mass is 305 g/mol. The molecule has 1 unspecified atom stereocenters. The summed E-state index contributed by atoms with van der Waals surface area (Å²) in [6.07, 6.45) is 4.30. The average molecular weight is 305 g/mol. The molecule has 2 N–H and O–H groups in total. The second-order valence-electron chi connectivity index (χ2n) is 6.12. The number of rotatable bonds is 7. The van der Waals surface area contributed by atoms with E-state index in [4.69, 9.17) is 4.74 Å². The van der Waals surface area contributed by atoms with Gasteiger partial charge in [0.15, 0.2) is 0 Å². The number of carbonyl (C=O) groups is 1. The van der Waals surface area contributed by atoms with E-state index in [0.717, 1.165) is 31.2 Å². The van der Waals surface area contributed by atoms with E-state index in [9.17, 15) is 9.90 Å². The molecule has 1 amide bonds. The Labute approximate surface area is 132 Å². The smallest absolute Gasteiger partial charge is 0.223 e. The fourth-order valence-electron chi connectivity index (χ4n) is 3.11. The summed E-state index contributed by atoms with van der Waals surface area (Å²) in [4.78, 5) is 12.4. The SMILES string of the molecule is CCCC(CCC)C(=O)NCC1(O)CCOc2ccccc21. The van der Waals surface area contributed by atoms with Gasteiger partial charge < -0.3 is 15.2 Å². The Kier molecular flexibility index (Phi) is 5.83. The zero-order valence-corrected chi connectivity index (χ0v) is 13.6. The molecule has 0 spiro atoms. The normalized spacial score (nSPS) is 20.4. The van der Waals surface area contributed by atoms with E-state index >= 15 is 0 Å². The number of hydrogen-bond acceptors (Lipinski definition) is 3. The lowest BCUT2D eigenvalue weighted by Gasteiger charge is -2.34. The van der Waals surface area contributed by atoms with Crippen LogP contribution in [0.25, 0.3) is 0 Å². The molecule has 0 fully saturated rings. The van der Waals surface area contributed by atoms with Crippen molar-refractivity contribution < 1.29 is 14.6 Å². The van der Waals surface area contributed by atoms with Crippen LogP contribution < -0.4 is 10.1 Å². The van der Waals surface area contributed by atoms with Crippen molar-refractivity contribution in [3.8, 4) is 5.75 Å². The van der Waals surface area contributed by atoms with E-state index in [2.05, 4.69) is 19.2 Å². The number of amides is 1. The first-order valence-electron chi connectivity index (χ1n) is 8.33. The van der Waals surface area contributed by atoms with Gasteiger partial charge in [0, 0.05) is 17.9 Å². The van der Waals surface area contributed by atoms with Gasteiger partial charge in [0.25, 0.3) is 0 Å². The van der Waals surface area contributed by atoms with Crippen LogP contribution in [0.3, 0.4) is 0 Å². The van der Waals surface area contributed by atoms with Crippen molar-refractivity contribution in [2.45, 2.75) is 51.6 Å². The minimum atomic E-state index is -1.03. The number of fused-ring (bicyclic) bond motifs is 1. The minimum absolute atomic E-state index is 0.0497. The molecule has 2 rings (SSSR count). The molecule has 0 bridgehead atoms. The number of aliphatic hydroxyl groups is 1. The molecule has 0 aromatic heterocycles. The van der Waals surface area contributed by atoms with Crippen molar-refractivity contribution in [2.24, 2.45) is 5.92 Å². The zero-order valence-electron chi connectivity index (χ0n) is 13.6. The first-order valence-corrected chi connectivity index (χ1v) is 8.33. The highest BCUT2D eigenvalue weighted by atomic mass is 16.5. The standard InChI is InChI=1S/C18H27NO3/c1-3-7-14(8-4-2)17(20)19-13-18(21)11-12-22-16-10-6-5-9-15(16)18/h5-6,9-10,14,21H,3-4,7-8,11-13H2,1-2H3,(H,19,20). The van der Waals surface area contributed by atoms with Gasteiger partial charge >= 0.3 is 0 Å². The van der Waals surface area contributed by atoms with Crippen molar-refractivity contribution in [3.63, 3.8) is 0 Å². The number of ether oxygens (including phenoxy) is 1. The fourth-order valence-corrected chi connectivity index (χ4v) is 3.11. The van der Waals surface area contributed by atoms with Crippen LogP contribution in [0.5, 0.6) is 5.75 Å². The van der Waals surface area contributed by atoms with Gasteiger partial charge in [0.1, 0.15) is 11.4 Å². The number of hydrogen-bond donors (Lipinski definition) is 2. The Hall–Kier alpha value is -1.55. The van der Waals surface area contributed by atoms with Gasteiger partial charge in [-0.05, 0) is 18.9 Å². The number of carbonyl (C=O) groups excluding carboxylic acids is 1. The van der Waals surface area contributed by atoms with Crippen LogP contribution in [0.2, 0.25) is 0 Å². The van der Waals surface area contributed by atoms with Crippen LogP contribution in [0.1, 0.15) is 51.5 Å². The summed E-state index contributed by atoms with van der Waals surface area (Å²) in [6, 6.07) is 7.51. The van der Waals surface area contributed by atoms with Crippen LogP contribution >= 0.6 is 0 Å². The first kappa shape index (κ1) is 16.8. The van der Waals surface area contributed by atoms with Crippen molar-refractivity contribution in [1.29, 1.82) is 0 Å². The number of benzene rings is 1. The van der Waals surface area contributed by atoms with Gasteiger partial charge in [0.05, 0.1) is 13.2 Å². The summed E-state index contributed by atoms with van der Waals surface area (Å²) in [5, 5.41) is 13.9. The van der Waals surface area contributed by atoms with Gasteiger partial charge in [-0.1, -0.05) is 44.9 Å². The van der Waals surface area contributed by atoms with Crippen molar-refractivity contribution >= 4 is 5.91 Å². The molecular weight excluding hydrogens is 278 g/mol. The molecule has 0 aliphatic carbocycles. The second kappa shape index (κ2) is 7.63. The Balaban J connectivity index is 2.03. The summed E-state index contributed by atoms with van der Waals surface area (Å²) in [5.41, 5.74) is -0.267. The van der Waals surface area contributed by atoms with Gasteiger partial charge in [-0.15, -0.1) is 0 Å². The quantitative estimate of drug-likeness (QED) is 0.814. The van der Waals surface area contributed by atoms with Crippen molar-refractivity contribution in [1.82, 2.24) is 5.32 Å². The topological polar surface area (TPSA) is 58.6 Å². The Morgan fingerprint density at radius 2 is 2.00 bits per heavy atom. The van der Waals surface area contributed by atoms with E-state index in [1.807, 2.05) is 24.3 Å². The van der Waals surface area contributed by atoms with Crippen LogP contribution in [0.4, 0.5) is 0 Å². The lowest BCUT2D eigenvalue weighted by molar-refractivity contribution is -0.127. The fraction of sp³-hybridized carbons (Fsp3) is 0.611. The van der Waals surface area contributed by atoms with E-state index in [-0.39, 0.29) is 18.4 Å². The molecule has 1 aromatic rings. The van der Waals surface area contributed by atoms with E-state index < -0.39 is 5.60 Å². The Morgan fingerprint density at radius 1 is 1.32 bits per heavy atom. The molecule has 4 nitrogen and oxygen atoms in total. The number of para-hydroxylation sites is 1. The maximum absolute atomic E-state index is 12.4. The van der Waals surface area contributed by atoms with Crippen LogP contribution in [0, 0.1) is 5.92 Å². The molecule has 0 saturated heterocycles. The third kappa shape index (κ3) is 3.80. The lowest BCUT2D eigenvalue weighted by atomic mass is 9.87. The first-order chi connectivity index (χ1) is 10.6. The van der Waals surface area contributed by atoms with E-state index in [0.29, 0.717) is 18.8 Å². The lowest BCUT2D eigenvalue weighted by Crippen LogP contribution is -2.45. The largest absolute Gasteiger partial charge is 0.493 e. The molecule has 1 aromatic carbocycles. The summed E-state index contributed by atoms with van der Waals surface area (Å²) in [7, 11) is 0.